The lowest BCUT2D eigenvalue weighted by atomic mass is 10.2. The summed E-state index contributed by atoms with van der Waals surface area (Å²) in [6.45, 7) is 1.49. The number of rotatable bonds is 6. The summed E-state index contributed by atoms with van der Waals surface area (Å²) in [6, 6.07) is 15.2. The molecule has 27 heavy (non-hydrogen) atoms. The molecule has 138 valence electrons. The number of aromatic nitrogens is 2. The second kappa shape index (κ2) is 7.49. The predicted molar refractivity (Wildman–Crippen MR) is 102 cm³/mol. The predicted octanol–water partition coefficient (Wildman–Crippen LogP) is 1.97. The van der Waals surface area contributed by atoms with Crippen molar-refractivity contribution in [3.05, 3.63) is 54.9 Å². The van der Waals surface area contributed by atoms with Crippen molar-refractivity contribution < 1.29 is 14.3 Å². The molecule has 4 rings (SSSR count). The lowest BCUT2D eigenvalue weighted by molar-refractivity contribution is -0.122. The van der Waals surface area contributed by atoms with E-state index in [4.69, 9.17) is 4.74 Å². The fourth-order valence-electron chi connectivity index (χ4n) is 3.21. The van der Waals surface area contributed by atoms with Crippen molar-refractivity contribution in [1.82, 2.24) is 14.9 Å². The van der Waals surface area contributed by atoms with Crippen LogP contribution in [-0.4, -0.2) is 41.1 Å². The van der Waals surface area contributed by atoms with E-state index in [1.807, 2.05) is 53.1 Å². The number of anilines is 1. The van der Waals surface area contributed by atoms with Crippen LogP contribution in [0.4, 0.5) is 5.69 Å². The summed E-state index contributed by atoms with van der Waals surface area (Å²) in [4.78, 5) is 30.3. The number of hydrogen-bond acceptors (Lipinski definition) is 4. The number of carbonyl (C=O) groups excluding carboxylic acids is 2. The van der Waals surface area contributed by atoms with Crippen LogP contribution >= 0.6 is 0 Å². The Morgan fingerprint density at radius 3 is 2.85 bits per heavy atom. The molecule has 0 spiro atoms. The first-order valence-corrected chi connectivity index (χ1v) is 8.91. The van der Waals surface area contributed by atoms with Crippen LogP contribution < -0.4 is 15.0 Å². The molecule has 0 saturated carbocycles. The maximum absolute atomic E-state index is 12.2. The monoisotopic (exact) mass is 364 g/mol. The summed E-state index contributed by atoms with van der Waals surface area (Å²) in [5.41, 5.74) is 2.70. The summed E-state index contributed by atoms with van der Waals surface area (Å²) < 4.78 is 7.42. The fraction of sp³-hybridized carbons (Fsp3) is 0.250. The molecule has 0 unspecified atom stereocenters. The Balaban J connectivity index is 1.29. The van der Waals surface area contributed by atoms with Crippen LogP contribution in [0.3, 0.4) is 0 Å². The van der Waals surface area contributed by atoms with Crippen molar-refractivity contribution >= 4 is 28.5 Å². The van der Waals surface area contributed by atoms with Gasteiger partial charge in [-0.05, 0) is 24.3 Å². The second-order valence-corrected chi connectivity index (χ2v) is 6.33. The van der Waals surface area contributed by atoms with Gasteiger partial charge >= 0.3 is 0 Å². The van der Waals surface area contributed by atoms with Crippen LogP contribution in [0, 0.1) is 0 Å². The van der Waals surface area contributed by atoms with Gasteiger partial charge in [0.2, 0.25) is 5.91 Å². The Bertz CT molecular complexity index is 982. The summed E-state index contributed by atoms with van der Waals surface area (Å²) in [5.74, 6) is 0.451. The van der Waals surface area contributed by atoms with E-state index in [2.05, 4.69) is 10.3 Å². The largest absolute Gasteiger partial charge is 0.482 e. The van der Waals surface area contributed by atoms with Gasteiger partial charge in [-0.1, -0.05) is 24.3 Å². The average molecular weight is 364 g/mol. The number of fused-ring (bicyclic) bond motifs is 2. The van der Waals surface area contributed by atoms with Crippen LogP contribution in [0.15, 0.2) is 54.9 Å². The highest BCUT2D eigenvalue weighted by Crippen LogP contribution is 2.31. The maximum Gasteiger partial charge on any atom is 0.265 e. The van der Waals surface area contributed by atoms with E-state index in [1.54, 1.807) is 11.2 Å². The van der Waals surface area contributed by atoms with Crippen molar-refractivity contribution in [3.8, 4) is 5.75 Å². The Kier molecular flexibility index (Phi) is 4.74. The molecule has 2 aromatic carbocycles. The zero-order valence-electron chi connectivity index (χ0n) is 14.8. The Labute approximate surface area is 156 Å². The summed E-state index contributed by atoms with van der Waals surface area (Å²) in [6.07, 6.45) is 2.02. The minimum Gasteiger partial charge on any atom is -0.482 e. The Morgan fingerprint density at radius 2 is 1.93 bits per heavy atom. The number of nitrogens with one attached hydrogen (secondary N) is 1. The third-order valence-corrected chi connectivity index (χ3v) is 4.57. The van der Waals surface area contributed by atoms with Crippen molar-refractivity contribution in [2.24, 2.45) is 0 Å². The molecule has 0 radical (unpaired) electrons. The molecule has 1 aliphatic rings. The number of ether oxygens (including phenoxy) is 1. The number of benzene rings is 2. The van der Waals surface area contributed by atoms with Gasteiger partial charge in [-0.3, -0.25) is 9.59 Å². The average Bonchev–Trinajstić information content (AvgIpc) is 3.10. The number of imidazole rings is 1. The molecule has 0 saturated heterocycles. The maximum atomic E-state index is 12.2. The van der Waals surface area contributed by atoms with Crippen LogP contribution in [0.1, 0.15) is 6.42 Å². The van der Waals surface area contributed by atoms with E-state index in [1.165, 1.54) is 0 Å². The molecule has 1 N–H and O–H groups in total. The standard InChI is InChI=1S/C20H20N4O3/c25-19(21-10-12-23-14-22-15-5-1-2-6-16(15)23)9-11-24-17-7-3-4-8-18(17)27-13-20(24)26/h1-8,14H,9-13H2,(H,21,25). The molecule has 1 aliphatic heterocycles. The second-order valence-electron chi connectivity index (χ2n) is 6.33. The zero-order chi connectivity index (χ0) is 18.6. The highest BCUT2D eigenvalue weighted by molar-refractivity contribution is 5.98. The first-order chi connectivity index (χ1) is 13.2. The van der Waals surface area contributed by atoms with Gasteiger partial charge in [0.15, 0.2) is 6.61 Å². The van der Waals surface area contributed by atoms with Gasteiger partial charge in [0.1, 0.15) is 5.75 Å². The number of carbonyl (C=O) groups is 2. The summed E-state index contributed by atoms with van der Waals surface area (Å²) in [7, 11) is 0. The van der Waals surface area contributed by atoms with Gasteiger partial charge in [-0.15, -0.1) is 0 Å². The van der Waals surface area contributed by atoms with Gasteiger partial charge in [0.25, 0.3) is 5.91 Å². The molecule has 0 bridgehead atoms. The van der Waals surface area contributed by atoms with Gasteiger partial charge in [0, 0.05) is 26.1 Å². The lowest BCUT2D eigenvalue weighted by Crippen LogP contribution is -2.41. The van der Waals surface area contributed by atoms with Crippen molar-refractivity contribution in [1.29, 1.82) is 0 Å². The van der Waals surface area contributed by atoms with E-state index in [9.17, 15) is 9.59 Å². The molecule has 0 atom stereocenters. The molecule has 2 amide bonds. The zero-order valence-corrected chi connectivity index (χ0v) is 14.8. The Hall–Kier alpha value is -3.35. The molecule has 0 aliphatic carbocycles. The molecule has 1 aromatic heterocycles. The van der Waals surface area contributed by atoms with Crippen LogP contribution in [-0.2, 0) is 16.1 Å². The van der Waals surface area contributed by atoms with Gasteiger partial charge in [-0.25, -0.2) is 4.98 Å². The van der Waals surface area contributed by atoms with Crippen molar-refractivity contribution in [2.75, 3.05) is 24.6 Å². The quantitative estimate of drug-likeness (QED) is 0.726. The Morgan fingerprint density at radius 1 is 1.11 bits per heavy atom. The van der Waals surface area contributed by atoms with Gasteiger partial charge in [0.05, 0.1) is 23.0 Å². The van der Waals surface area contributed by atoms with E-state index >= 15 is 0 Å². The third-order valence-electron chi connectivity index (χ3n) is 4.57. The number of para-hydroxylation sites is 4. The normalized spacial score (nSPS) is 13.3. The van der Waals surface area contributed by atoms with E-state index < -0.39 is 0 Å². The third kappa shape index (κ3) is 3.62. The van der Waals surface area contributed by atoms with E-state index in [0.29, 0.717) is 31.1 Å². The molecule has 2 heterocycles. The van der Waals surface area contributed by atoms with E-state index in [-0.39, 0.29) is 24.8 Å². The highest BCUT2D eigenvalue weighted by Gasteiger charge is 2.25. The molecule has 0 fully saturated rings. The molecular formula is C20H20N4O3. The summed E-state index contributed by atoms with van der Waals surface area (Å²) >= 11 is 0. The van der Waals surface area contributed by atoms with E-state index in [0.717, 1.165) is 11.0 Å². The van der Waals surface area contributed by atoms with Gasteiger partial charge in [-0.2, -0.15) is 0 Å². The van der Waals surface area contributed by atoms with Crippen molar-refractivity contribution in [3.63, 3.8) is 0 Å². The molecule has 3 aromatic rings. The first-order valence-electron chi connectivity index (χ1n) is 8.91. The lowest BCUT2D eigenvalue weighted by Gasteiger charge is -2.29. The SMILES string of the molecule is O=C(CCN1C(=O)COc2ccccc21)NCCn1cnc2ccccc21. The molecule has 7 nitrogen and oxygen atoms in total. The van der Waals surface area contributed by atoms with Gasteiger partial charge < -0.3 is 19.5 Å². The van der Waals surface area contributed by atoms with Crippen LogP contribution in [0.5, 0.6) is 5.75 Å². The minimum atomic E-state index is -0.133. The fourth-order valence-corrected chi connectivity index (χ4v) is 3.21. The topological polar surface area (TPSA) is 76.5 Å². The smallest absolute Gasteiger partial charge is 0.265 e. The van der Waals surface area contributed by atoms with Crippen molar-refractivity contribution in [2.45, 2.75) is 13.0 Å². The molecular weight excluding hydrogens is 344 g/mol. The van der Waals surface area contributed by atoms with Crippen LogP contribution in [0.25, 0.3) is 11.0 Å². The first kappa shape index (κ1) is 17.1. The minimum absolute atomic E-state index is 0.00629. The van der Waals surface area contributed by atoms with Crippen LogP contribution in [0.2, 0.25) is 0 Å². The number of hydrogen-bond donors (Lipinski definition) is 1. The number of nitrogens with zero attached hydrogens (tertiary/aromatic N) is 3. The number of amides is 2. The highest BCUT2D eigenvalue weighted by atomic mass is 16.5. The summed E-state index contributed by atoms with van der Waals surface area (Å²) in [5, 5.41) is 2.91. The molecule has 7 heteroatoms.